The molecule has 0 unspecified atom stereocenters. The first kappa shape index (κ1) is 25.9. The van der Waals surface area contributed by atoms with Gasteiger partial charge in [-0.25, -0.2) is 4.68 Å². The quantitative estimate of drug-likeness (QED) is 0.302. The summed E-state index contributed by atoms with van der Waals surface area (Å²) in [5.41, 5.74) is 6.47. The monoisotopic (exact) mass is 510 g/mol. The van der Waals surface area contributed by atoms with E-state index in [0.717, 1.165) is 92.0 Å². The maximum atomic E-state index is 12.8. The number of rotatable bonds is 9. The number of carbonyl (C=O) groups is 1. The van der Waals surface area contributed by atoms with E-state index >= 15 is 0 Å². The number of amides is 1. The summed E-state index contributed by atoms with van der Waals surface area (Å²) in [5.74, 6) is 1.06. The standard InChI is InChI=1S/C31H38N6O/c1-22-13-15-27(16-14-22)37-24(3)28-23(2)33-34-30(29(28)35-37)36-20-17-26(18-21-36)31(38)32-19-9-5-8-12-25-10-6-4-7-11-25/h4,6-7,10-11,13-16,26H,5,8-9,12,17-21H2,1-3H3,(H,32,38). The molecule has 7 heteroatoms. The Hall–Kier alpha value is -3.74. The Bertz CT molecular complexity index is 1370. The molecule has 2 aromatic carbocycles. The molecular formula is C31H38N6O. The SMILES string of the molecule is Cc1ccc(-n2nc3c(N4CCC(C(=O)NCCCCCc5ccccc5)CC4)nnc(C)c3c2C)cc1. The largest absolute Gasteiger partial charge is 0.356 e. The fraction of sp³-hybridized carbons (Fsp3) is 0.419. The zero-order chi connectivity index (χ0) is 26.5. The Morgan fingerprint density at radius 1 is 0.921 bits per heavy atom. The molecule has 0 saturated carbocycles. The molecule has 0 atom stereocenters. The van der Waals surface area contributed by atoms with Crippen LogP contribution in [0.5, 0.6) is 0 Å². The molecule has 1 fully saturated rings. The Morgan fingerprint density at radius 2 is 1.66 bits per heavy atom. The van der Waals surface area contributed by atoms with Gasteiger partial charge < -0.3 is 10.2 Å². The summed E-state index contributed by atoms with van der Waals surface area (Å²) in [6.45, 7) is 8.48. The highest BCUT2D eigenvalue weighted by atomic mass is 16.1. The van der Waals surface area contributed by atoms with Crippen molar-refractivity contribution in [1.82, 2.24) is 25.3 Å². The maximum Gasteiger partial charge on any atom is 0.223 e. The second-order valence-corrected chi connectivity index (χ2v) is 10.5. The summed E-state index contributed by atoms with van der Waals surface area (Å²) in [7, 11) is 0. The summed E-state index contributed by atoms with van der Waals surface area (Å²) in [6, 6.07) is 19.0. The number of nitrogens with zero attached hydrogens (tertiary/aromatic N) is 5. The number of fused-ring (bicyclic) bond motifs is 1. The van der Waals surface area contributed by atoms with Crippen molar-refractivity contribution in [3.05, 3.63) is 77.1 Å². The number of aromatic nitrogens is 4. The average Bonchev–Trinajstić information content (AvgIpc) is 3.29. The molecule has 5 rings (SSSR count). The lowest BCUT2D eigenvalue weighted by Gasteiger charge is -2.32. The summed E-state index contributed by atoms with van der Waals surface area (Å²) >= 11 is 0. The van der Waals surface area contributed by atoms with Crippen molar-refractivity contribution in [1.29, 1.82) is 0 Å². The van der Waals surface area contributed by atoms with Crippen LogP contribution >= 0.6 is 0 Å². The van der Waals surface area contributed by atoms with E-state index in [2.05, 4.69) is 88.9 Å². The van der Waals surface area contributed by atoms with Gasteiger partial charge in [0.05, 0.1) is 22.5 Å². The molecule has 1 amide bonds. The minimum atomic E-state index is 0.0521. The minimum Gasteiger partial charge on any atom is -0.356 e. The highest BCUT2D eigenvalue weighted by Crippen LogP contribution is 2.31. The molecule has 0 bridgehead atoms. The third-order valence-electron chi connectivity index (χ3n) is 7.71. The van der Waals surface area contributed by atoms with E-state index in [4.69, 9.17) is 5.10 Å². The third kappa shape index (κ3) is 5.72. The van der Waals surface area contributed by atoms with E-state index in [1.807, 2.05) is 11.6 Å². The van der Waals surface area contributed by atoms with Gasteiger partial charge in [0, 0.05) is 25.6 Å². The van der Waals surface area contributed by atoms with Crippen molar-refractivity contribution in [2.75, 3.05) is 24.5 Å². The molecule has 7 nitrogen and oxygen atoms in total. The van der Waals surface area contributed by atoms with Crippen LogP contribution in [0.1, 0.15) is 54.6 Å². The van der Waals surface area contributed by atoms with E-state index in [-0.39, 0.29) is 11.8 Å². The third-order valence-corrected chi connectivity index (χ3v) is 7.71. The Balaban J connectivity index is 1.16. The lowest BCUT2D eigenvalue weighted by atomic mass is 9.95. The van der Waals surface area contributed by atoms with Crippen LogP contribution in [0.3, 0.4) is 0 Å². The number of anilines is 1. The Kier molecular flexibility index (Phi) is 8.01. The van der Waals surface area contributed by atoms with E-state index in [1.54, 1.807) is 0 Å². The van der Waals surface area contributed by atoms with Gasteiger partial charge in [-0.2, -0.15) is 10.2 Å². The van der Waals surface area contributed by atoms with Crippen LogP contribution < -0.4 is 10.2 Å². The first-order valence-corrected chi connectivity index (χ1v) is 13.9. The second-order valence-electron chi connectivity index (χ2n) is 10.5. The van der Waals surface area contributed by atoms with Crippen LogP contribution in [-0.2, 0) is 11.2 Å². The molecule has 0 radical (unpaired) electrons. The molecule has 1 aliphatic rings. The van der Waals surface area contributed by atoms with Crippen molar-refractivity contribution < 1.29 is 4.79 Å². The summed E-state index contributed by atoms with van der Waals surface area (Å²) in [5, 5.41) is 18.3. The predicted molar refractivity (Wildman–Crippen MR) is 153 cm³/mol. The van der Waals surface area contributed by atoms with Gasteiger partial charge in [-0.15, -0.1) is 5.10 Å². The minimum absolute atomic E-state index is 0.0521. The number of benzene rings is 2. The number of hydrogen-bond acceptors (Lipinski definition) is 5. The molecule has 1 saturated heterocycles. The molecule has 38 heavy (non-hydrogen) atoms. The van der Waals surface area contributed by atoms with Crippen molar-refractivity contribution in [3.8, 4) is 5.69 Å². The molecule has 2 aromatic heterocycles. The molecule has 4 aromatic rings. The first-order valence-electron chi connectivity index (χ1n) is 13.9. The van der Waals surface area contributed by atoms with Gasteiger partial charge in [-0.1, -0.05) is 54.4 Å². The van der Waals surface area contributed by atoms with Crippen molar-refractivity contribution in [2.45, 2.75) is 59.3 Å². The fourth-order valence-electron chi connectivity index (χ4n) is 5.45. The fourth-order valence-corrected chi connectivity index (χ4v) is 5.45. The van der Waals surface area contributed by atoms with Gasteiger partial charge in [0.15, 0.2) is 5.82 Å². The highest BCUT2D eigenvalue weighted by molar-refractivity contribution is 5.92. The van der Waals surface area contributed by atoms with E-state index in [1.165, 1.54) is 11.1 Å². The smallest absolute Gasteiger partial charge is 0.223 e. The van der Waals surface area contributed by atoms with Crippen LogP contribution in [0.2, 0.25) is 0 Å². The van der Waals surface area contributed by atoms with Crippen LogP contribution in [0.25, 0.3) is 16.6 Å². The lowest BCUT2D eigenvalue weighted by Crippen LogP contribution is -2.41. The topological polar surface area (TPSA) is 75.9 Å². The molecule has 3 heterocycles. The molecule has 0 spiro atoms. The molecular weight excluding hydrogens is 472 g/mol. The zero-order valence-electron chi connectivity index (χ0n) is 22.8. The van der Waals surface area contributed by atoms with Crippen molar-refractivity contribution >= 4 is 22.6 Å². The number of nitrogens with one attached hydrogen (secondary N) is 1. The van der Waals surface area contributed by atoms with Crippen LogP contribution in [-0.4, -0.2) is 45.5 Å². The highest BCUT2D eigenvalue weighted by Gasteiger charge is 2.28. The average molecular weight is 511 g/mol. The molecule has 198 valence electrons. The second kappa shape index (κ2) is 11.8. The first-order chi connectivity index (χ1) is 18.5. The van der Waals surface area contributed by atoms with Gasteiger partial charge in [0.2, 0.25) is 5.91 Å². The van der Waals surface area contributed by atoms with Gasteiger partial charge in [0.1, 0.15) is 5.52 Å². The summed E-state index contributed by atoms with van der Waals surface area (Å²) in [6.07, 6.45) is 6.04. The molecule has 0 aliphatic carbocycles. The molecule has 1 N–H and O–H groups in total. The van der Waals surface area contributed by atoms with Crippen LogP contribution in [0.4, 0.5) is 5.82 Å². The molecule has 1 aliphatic heterocycles. The van der Waals surface area contributed by atoms with Crippen molar-refractivity contribution in [3.63, 3.8) is 0 Å². The Labute approximate surface area is 225 Å². The number of aryl methyl sites for hydroxylation is 4. The Morgan fingerprint density at radius 3 is 2.39 bits per heavy atom. The van der Waals surface area contributed by atoms with Gasteiger partial charge >= 0.3 is 0 Å². The van der Waals surface area contributed by atoms with E-state index in [0.29, 0.717) is 0 Å². The number of carbonyl (C=O) groups excluding carboxylic acids is 1. The maximum absolute atomic E-state index is 12.8. The van der Waals surface area contributed by atoms with E-state index < -0.39 is 0 Å². The van der Waals surface area contributed by atoms with Crippen molar-refractivity contribution in [2.24, 2.45) is 5.92 Å². The number of unbranched alkanes of at least 4 members (excludes halogenated alkanes) is 2. The lowest BCUT2D eigenvalue weighted by molar-refractivity contribution is -0.125. The summed E-state index contributed by atoms with van der Waals surface area (Å²) < 4.78 is 1.99. The number of hydrogen-bond donors (Lipinski definition) is 1. The van der Waals surface area contributed by atoms with Gasteiger partial charge in [-0.05, 0) is 70.6 Å². The van der Waals surface area contributed by atoms with E-state index in [9.17, 15) is 4.79 Å². The normalized spacial score (nSPS) is 14.2. The van der Waals surface area contributed by atoms with Gasteiger partial charge in [0.25, 0.3) is 0 Å². The zero-order valence-corrected chi connectivity index (χ0v) is 22.8. The number of piperidine rings is 1. The van der Waals surface area contributed by atoms with Crippen LogP contribution in [0.15, 0.2) is 54.6 Å². The predicted octanol–water partition coefficient (Wildman–Crippen LogP) is 5.49. The summed E-state index contributed by atoms with van der Waals surface area (Å²) in [4.78, 5) is 15.1. The van der Waals surface area contributed by atoms with Crippen LogP contribution in [0, 0.1) is 26.7 Å². The van der Waals surface area contributed by atoms with Gasteiger partial charge in [-0.3, -0.25) is 4.79 Å².